The van der Waals surface area contributed by atoms with Crippen molar-refractivity contribution in [3.05, 3.63) is 5.82 Å². The van der Waals surface area contributed by atoms with E-state index in [1.165, 1.54) is 0 Å². The zero-order valence-corrected chi connectivity index (χ0v) is 9.61. The summed E-state index contributed by atoms with van der Waals surface area (Å²) in [5, 5.41) is 13.9. The van der Waals surface area contributed by atoms with Gasteiger partial charge in [-0.05, 0) is 10.4 Å². The number of nitrogens with zero attached hydrogens (tertiary/aromatic N) is 4. The minimum atomic E-state index is -0.349. The van der Waals surface area contributed by atoms with Crippen molar-refractivity contribution in [1.29, 1.82) is 0 Å². The zero-order valence-electron chi connectivity index (χ0n) is 9.61. The van der Waals surface area contributed by atoms with E-state index in [1.807, 2.05) is 20.8 Å². The van der Waals surface area contributed by atoms with Gasteiger partial charge in [0, 0.05) is 25.4 Å². The molecule has 1 amide bonds. The Balaban J connectivity index is 2.35. The number of tetrazole rings is 1. The highest BCUT2D eigenvalue weighted by atomic mass is 16.2. The van der Waals surface area contributed by atoms with E-state index in [1.54, 1.807) is 11.7 Å². The van der Waals surface area contributed by atoms with Gasteiger partial charge < -0.3 is 5.32 Å². The van der Waals surface area contributed by atoms with Crippen LogP contribution in [0.4, 0.5) is 0 Å². The molecule has 1 aromatic heterocycles. The maximum Gasteiger partial charge on any atom is 0.225 e. The Hall–Kier alpha value is -1.46. The van der Waals surface area contributed by atoms with Gasteiger partial charge in [0.05, 0.1) is 0 Å². The summed E-state index contributed by atoms with van der Waals surface area (Å²) in [6.07, 6.45) is 0.644. The molecule has 6 nitrogen and oxygen atoms in total. The Bertz CT molecular complexity index is 339. The lowest BCUT2D eigenvalue weighted by atomic mass is 9.96. The predicted molar refractivity (Wildman–Crippen MR) is 55.0 cm³/mol. The minimum Gasteiger partial charge on any atom is -0.355 e. The number of aromatic nitrogens is 4. The second-order valence-corrected chi connectivity index (χ2v) is 4.47. The first-order chi connectivity index (χ1) is 6.91. The largest absolute Gasteiger partial charge is 0.355 e. The number of amides is 1. The highest BCUT2D eigenvalue weighted by molar-refractivity contribution is 5.81. The number of hydrogen-bond acceptors (Lipinski definition) is 4. The van der Waals surface area contributed by atoms with Crippen molar-refractivity contribution < 1.29 is 4.79 Å². The molecular weight excluding hydrogens is 194 g/mol. The van der Waals surface area contributed by atoms with Gasteiger partial charge in [-0.25, -0.2) is 4.68 Å². The lowest BCUT2D eigenvalue weighted by Crippen LogP contribution is -2.36. The number of nitrogens with one attached hydrogen (secondary N) is 1. The topological polar surface area (TPSA) is 72.7 Å². The van der Waals surface area contributed by atoms with Crippen molar-refractivity contribution in [1.82, 2.24) is 25.5 Å². The molecule has 0 saturated heterocycles. The summed E-state index contributed by atoms with van der Waals surface area (Å²) >= 11 is 0. The first kappa shape index (κ1) is 11.6. The molecule has 0 aliphatic rings. The summed E-state index contributed by atoms with van der Waals surface area (Å²) in [7, 11) is 1.78. The standard InChI is InChI=1S/C9H17N5O/c1-9(2,3)8(15)10-6-5-7-11-12-13-14(7)4/h5-6H2,1-4H3,(H,10,15). The zero-order chi connectivity index (χ0) is 11.5. The monoisotopic (exact) mass is 211 g/mol. The molecule has 0 aliphatic carbocycles. The Kier molecular flexibility index (Phi) is 3.39. The van der Waals surface area contributed by atoms with Gasteiger partial charge in [0.25, 0.3) is 0 Å². The molecule has 1 aromatic rings. The van der Waals surface area contributed by atoms with Crippen LogP contribution in [0.15, 0.2) is 0 Å². The maximum absolute atomic E-state index is 11.5. The van der Waals surface area contributed by atoms with Gasteiger partial charge in [-0.1, -0.05) is 20.8 Å². The van der Waals surface area contributed by atoms with Gasteiger partial charge in [-0.15, -0.1) is 5.10 Å². The van der Waals surface area contributed by atoms with Crippen LogP contribution in [0.2, 0.25) is 0 Å². The average Bonchev–Trinajstić information content (AvgIpc) is 2.50. The van der Waals surface area contributed by atoms with Crippen LogP contribution < -0.4 is 5.32 Å². The van der Waals surface area contributed by atoms with Crippen molar-refractivity contribution in [2.75, 3.05) is 6.54 Å². The molecule has 0 aliphatic heterocycles. The molecule has 0 bridgehead atoms. The molecular formula is C9H17N5O. The normalized spacial score (nSPS) is 11.5. The molecule has 0 radical (unpaired) electrons. The van der Waals surface area contributed by atoms with E-state index in [9.17, 15) is 4.79 Å². The number of carbonyl (C=O) groups excluding carboxylic acids is 1. The van der Waals surface area contributed by atoms with E-state index in [2.05, 4.69) is 20.8 Å². The van der Waals surface area contributed by atoms with Gasteiger partial charge in [0.2, 0.25) is 5.91 Å². The third-order valence-electron chi connectivity index (χ3n) is 2.02. The fourth-order valence-electron chi connectivity index (χ4n) is 1.01. The Morgan fingerprint density at radius 1 is 1.47 bits per heavy atom. The minimum absolute atomic E-state index is 0.0395. The van der Waals surface area contributed by atoms with Gasteiger partial charge in [-0.3, -0.25) is 4.79 Å². The van der Waals surface area contributed by atoms with Crippen molar-refractivity contribution >= 4 is 5.91 Å². The molecule has 0 saturated carbocycles. The van der Waals surface area contributed by atoms with Crippen molar-refractivity contribution in [3.8, 4) is 0 Å². The first-order valence-corrected chi connectivity index (χ1v) is 4.91. The summed E-state index contributed by atoms with van der Waals surface area (Å²) in [6, 6.07) is 0. The summed E-state index contributed by atoms with van der Waals surface area (Å²) in [4.78, 5) is 11.5. The predicted octanol–water partition coefficient (Wildman–Crippen LogP) is -0.0851. The molecule has 84 valence electrons. The molecule has 0 fully saturated rings. The number of carbonyl (C=O) groups is 1. The molecule has 0 aromatic carbocycles. The molecule has 0 spiro atoms. The van der Waals surface area contributed by atoms with Crippen molar-refractivity contribution in [2.24, 2.45) is 12.5 Å². The van der Waals surface area contributed by atoms with E-state index in [4.69, 9.17) is 0 Å². The molecule has 0 unspecified atom stereocenters. The van der Waals surface area contributed by atoms with Crippen LogP contribution in [0.25, 0.3) is 0 Å². The fourth-order valence-corrected chi connectivity index (χ4v) is 1.01. The lowest BCUT2D eigenvalue weighted by molar-refractivity contribution is -0.128. The van der Waals surface area contributed by atoms with Crippen molar-refractivity contribution in [2.45, 2.75) is 27.2 Å². The van der Waals surface area contributed by atoms with Crippen LogP contribution in [0.3, 0.4) is 0 Å². The Morgan fingerprint density at radius 2 is 2.13 bits per heavy atom. The Labute approximate surface area is 89.0 Å². The molecule has 6 heteroatoms. The van der Waals surface area contributed by atoms with Crippen molar-refractivity contribution in [3.63, 3.8) is 0 Å². The summed E-state index contributed by atoms with van der Waals surface area (Å²) in [5.41, 5.74) is -0.349. The average molecular weight is 211 g/mol. The highest BCUT2D eigenvalue weighted by Crippen LogP contribution is 2.11. The SMILES string of the molecule is Cn1nnnc1CCNC(=O)C(C)(C)C. The molecule has 1 rings (SSSR count). The van der Waals surface area contributed by atoms with Gasteiger partial charge in [0.1, 0.15) is 0 Å². The van der Waals surface area contributed by atoms with Crippen LogP contribution in [0.5, 0.6) is 0 Å². The molecule has 15 heavy (non-hydrogen) atoms. The summed E-state index contributed by atoms with van der Waals surface area (Å²) in [6.45, 7) is 6.20. The smallest absolute Gasteiger partial charge is 0.225 e. The van der Waals surface area contributed by atoms with Gasteiger partial charge in [-0.2, -0.15) is 0 Å². The Morgan fingerprint density at radius 3 is 2.60 bits per heavy atom. The van der Waals surface area contributed by atoms with E-state index in [-0.39, 0.29) is 11.3 Å². The molecule has 1 heterocycles. The third kappa shape index (κ3) is 3.30. The number of hydrogen-bond donors (Lipinski definition) is 1. The second-order valence-electron chi connectivity index (χ2n) is 4.47. The quantitative estimate of drug-likeness (QED) is 0.758. The van der Waals surface area contributed by atoms with Crippen LogP contribution in [-0.2, 0) is 18.3 Å². The van der Waals surface area contributed by atoms with Gasteiger partial charge >= 0.3 is 0 Å². The summed E-state index contributed by atoms with van der Waals surface area (Å²) < 4.78 is 1.60. The third-order valence-corrected chi connectivity index (χ3v) is 2.02. The second kappa shape index (κ2) is 4.37. The molecule has 1 N–H and O–H groups in total. The summed E-state index contributed by atoms with van der Waals surface area (Å²) in [5.74, 6) is 0.807. The maximum atomic E-state index is 11.5. The van der Waals surface area contributed by atoms with E-state index in [0.717, 1.165) is 5.82 Å². The van der Waals surface area contributed by atoms with E-state index < -0.39 is 0 Å². The van der Waals surface area contributed by atoms with Crippen LogP contribution in [0.1, 0.15) is 26.6 Å². The molecule has 0 atom stereocenters. The van der Waals surface area contributed by atoms with Gasteiger partial charge in [0.15, 0.2) is 5.82 Å². The van der Waals surface area contributed by atoms with E-state index >= 15 is 0 Å². The number of aryl methyl sites for hydroxylation is 1. The first-order valence-electron chi connectivity index (χ1n) is 4.91. The van der Waals surface area contributed by atoms with Crippen LogP contribution in [0, 0.1) is 5.41 Å². The van der Waals surface area contributed by atoms with Crippen LogP contribution >= 0.6 is 0 Å². The number of rotatable bonds is 3. The van der Waals surface area contributed by atoms with E-state index in [0.29, 0.717) is 13.0 Å². The lowest BCUT2D eigenvalue weighted by Gasteiger charge is -2.17. The fraction of sp³-hybridized carbons (Fsp3) is 0.778. The van der Waals surface area contributed by atoms with Crippen LogP contribution in [-0.4, -0.2) is 32.7 Å². The highest BCUT2D eigenvalue weighted by Gasteiger charge is 2.20.